The normalized spacial score (nSPS) is 25.8. The highest BCUT2D eigenvalue weighted by Crippen LogP contribution is 2.24. The highest BCUT2D eigenvalue weighted by molar-refractivity contribution is 5.81. The summed E-state index contributed by atoms with van der Waals surface area (Å²) in [5.41, 5.74) is -1.07. The van der Waals surface area contributed by atoms with Gasteiger partial charge in [-0.3, -0.25) is 5.32 Å². The second-order valence-electron chi connectivity index (χ2n) is 5.25. The van der Waals surface area contributed by atoms with Crippen molar-refractivity contribution in [3.05, 3.63) is 0 Å². The average Bonchev–Trinajstić information content (AvgIpc) is 2.61. The zero-order valence-electron chi connectivity index (χ0n) is 10.8. The first kappa shape index (κ1) is 13.5. The Hall–Kier alpha value is -0.610. The van der Waals surface area contributed by atoms with E-state index in [9.17, 15) is 4.79 Å². The molecule has 1 atom stereocenters. The van der Waals surface area contributed by atoms with Crippen LogP contribution < -0.4 is 5.32 Å². The van der Waals surface area contributed by atoms with Crippen LogP contribution in [0.3, 0.4) is 0 Å². The van der Waals surface area contributed by atoms with Crippen LogP contribution in [0, 0.1) is 0 Å². The smallest absolute Gasteiger partial charge is 0.329 e. The summed E-state index contributed by atoms with van der Waals surface area (Å²) in [6.45, 7) is 9.45. The Balaban J connectivity index is 2.65. The number of esters is 1. The predicted molar refractivity (Wildman–Crippen MR) is 62.3 cm³/mol. The molecule has 0 aromatic heterocycles. The van der Waals surface area contributed by atoms with Gasteiger partial charge in [-0.05, 0) is 47.1 Å². The molecule has 1 rings (SSSR count). The second-order valence-corrected chi connectivity index (χ2v) is 5.25. The molecule has 0 aromatic rings. The van der Waals surface area contributed by atoms with Gasteiger partial charge in [-0.15, -0.1) is 0 Å². The van der Waals surface area contributed by atoms with Crippen LogP contribution in [-0.4, -0.2) is 36.9 Å². The van der Waals surface area contributed by atoms with Crippen LogP contribution in [0.15, 0.2) is 0 Å². The largest absolute Gasteiger partial charge is 0.459 e. The topological polar surface area (TPSA) is 47.6 Å². The summed E-state index contributed by atoms with van der Waals surface area (Å²) in [6.07, 6.45) is 1.79. The maximum atomic E-state index is 12.1. The zero-order chi connectivity index (χ0) is 12.2. The van der Waals surface area contributed by atoms with Gasteiger partial charge < -0.3 is 9.47 Å². The summed E-state index contributed by atoms with van der Waals surface area (Å²) in [4.78, 5) is 12.1. The van der Waals surface area contributed by atoms with E-state index < -0.39 is 11.1 Å². The zero-order valence-corrected chi connectivity index (χ0v) is 10.8. The van der Waals surface area contributed by atoms with Crippen molar-refractivity contribution in [1.29, 1.82) is 0 Å². The van der Waals surface area contributed by atoms with Crippen molar-refractivity contribution >= 4 is 5.97 Å². The van der Waals surface area contributed by atoms with E-state index in [1.807, 2.05) is 27.7 Å². The molecule has 0 amide bonds. The van der Waals surface area contributed by atoms with Crippen molar-refractivity contribution < 1.29 is 14.3 Å². The molecule has 0 spiro atoms. The molecular weight excluding hydrogens is 206 g/mol. The van der Waals surface area contributed by atoms with Crippen molar-refractivity contribution in [3.63, 3.8) is 0 Å². The van der Waals surface area contributed by atoms with Crippen molar-refractivity contribution in [3.8, 4) is 0 Å². The van der Waals surface area contributed by atoms with Crippen LogP contribution in [0.2, 0.25) is 0 Å². The van der Waals surface area contributed by atoms with Gasteiger partial charge in [0.05, 0.1) is 6.61 Å². The van der Waals surface area contributed by atoms with Gasteiger partial charge in [-0.1, -0.05) is 0 Å². The lowest BCUT2D eigenvalue weighted by Crippen LogP contribution is -2.54. The number of carbonyl (C=O) groups excluding carboxylic acids is 1. The van der Waals surface area contributed by atoms with Crippen LogP contribution in [0.5, 0.6) is 0 Å². The van der Waals surface area contributed by atoms with Crippen molar-refractivity contribution in [1.82, 2.24) is 5.32 Å². The van der Waals surface area contributed by atoms with E-state index in [4.69, 9.17) is 9.47 Å². The van der Waals surface area contributed by atoms with Crippen molar-refractivity contribution in [2.24, 2.45) is 0 Å². The quantitative estimate of drug-likeness (QED) is 0.742. The lowest BCUT2D eigenvalue weighted by atomic mass is 9.98. The summed E-state index contributed by atoms with van der Waals surface area (Å²) in [7, 11) is 0. The molecule has 1 fully saturated rings. The van der Waals surface area contributed by atoms with Gasteiger partial charge in [0.25, 0.3) is 0 Å². The van der Waals surface area contributed by atoms with Crippen LogP contribution >= 0.6 is 0 Å². The highest BCUT2D eigenvalue weighted by Gasteiger charge is 2.44. The first-order chi connectivity index (χ1) is 7.40. The lowest BCUT2D eigenvalue weighted by Gasteiger charge is -2.31. The molecule has 1 N–H and O–H groups in total. The van der Waals surface area contributed by atoms with Crippen LogP contribution in [0.4, 0.5) is 0 Å². The van der Waals surface area contributed by atoms with Crippen molar-refractivity contribution in [2.45, 2.75) is 51.7 Å². The Labute approximate surface area is 97.7 Å². The van der Waals surface area contributed by atoms with Crippen molar-refractivity contribution in [2.75, 3.05) is 19.8 Å². The molecule has 16 heavy (non-hydrogen) atoms. The summed E-state index contributed by atoms with van der Waals surface area (Å²) in [5.74, 6) is -0.189. The number of carbonyl (C=O) groups is 1. The minimum Gasteiger partial charge on any atom is -0.459 e. The molecule has 0 aliphatic carbocycles. The third kappa shape index (κ3) is 3.46. The van der Waals surface area contributed by atoms with E-state index in [-0.39, 0.29) is 5.97 Å². The van der Waals surface area contributed by atoms with Gasteiger partial charge in [-0.25, -0.2) is 4.79 Å². The molecule has 0 radical (unpaired) electrons. The number of rotatable bonds is 4. The Bertz CT molecular complexity index is 239. The lowest BCUT2D eigenvalue weighted by molar-refractivity contribution is -0.165. The summed E-state index contributed by atoms with van der Waals surface area (Å²) >= 11 is 0. The molecule has 4 nitrogen and oxygen atoms in total. The first-order valence-electron chi connectivity index (χ1n) is 5.96. The van der Waals surface area contributed by atoms with Crippen LogP contribution in [0.25, 0.3) is 0 Å². The standard InChI is InChI=1S/C12H23NO3/c1-5-15-9-12(7-6-8-13-12)10(14)16-11(2,3)4/h13H,5-9H2,1-4H3. The van der Waals surface area contributed by atoms with E-state index in [0.717, 1.165) is 19.4 Å². The molecule has 4 heteroatoms. The Kier molecular flexibility index (Phi) is 4.33. The third-order valence-corrected chi connectivity index (χ3v) is 2.59. The summed E-state index contributed by atoms with van der Waals surface area (Å²) < 4.78 is 10.8. The van der Waals surface area contributed by atoms with Gasteiger partial charge in [0.2, 0.25) is 0 Å². The monoisotopic (exact) mass is 229 g/mol. The molecule has 94 valence electrons. The molecule has 0 aromatic carbocycles. The molecule has 1 unspecified atom stereocenters. The minimum absolute atomic E-state index is 0.189. The number of hydrogen-bond donors (Lipinski definition) is 1. The fraction of sp³-hybridized carbons (Fsp3) is 0.917. The fourth-order valence-corrected chi connectivity index (χ4v) is 1.81. The fourth-order valence-electron chi connectivity index (χ4n) is 1.81. The summed E-state index contributed by atoms with van der Waals surface area (Å²) in [6, 6.07) is 0. The highest BCUT2D eigenvalue weighted by atomic mass is 16.6. The molecule has 1 saturated heterocycles. The van der Waals surface area contributed by atoms with Gasteiger partial charge in [-0.2, -0.15) is 0 Å². The first-order valence-corrected chi connectivity index (χ1v) is 5.96. The van der Waals surface area contributed by atoms with Gasteiger partial charge in [0.1, 0.15) is 11.1 Å². The molecule has 1 aliphatic rings. The maximum absolute atomic E-state index is 12.1. The average molecular weight is 229 g/mol. The Morgan fingerprint density at radius 2 is 2.12 bits per heavy atom. The van der Waals surface area contributed by atoms with E-state index in [1.165, 1.54) is 0 Å². The van der Waals surface area contributed by atoms with Crippen LogP contribution in [0.1, 0.15) is 40.5 Å². The SMILES string of the molecule is CCOCC1(C(=O)OC(C)(C)C)CCCN1. The van der Waals surface area contributed by atoms with Gasteiger partial charge in [0.15, 0.2) is 0 Å². The maximum Gasteiger partial charge on any atom is 0.329 e. The second kappa shape index (κ2) is 5.15. The van der Waals surface area contributed by atoms with Gasteiger partial charge >= 0.3 is 5.97 Å². The van der Waals surface area contributed by atoms with E-state index in [0.29, 0.717) is 13.2 Å². The summed E-state index contributed by atoms with van der Waals surface area (Å²) in [5, 5.41) is 3.23. The predicted octanol–water partition coefficient (Wildman–Crippen LogP) is 1.49. The van der Waals surface area contributed by atoms with E-state index in [1.54, 1.807) is 0 Å². The van der Waals surface area contributed by atoms with Gasteiger partial charge in [0, 0.05) is 6.61 Å². The van der Waals surface area contributed by atoms with Crippen LogP contribution in [-0.2, 0) is 14.3 Å². The Morgan fingerprint density at radius 3 is 2.56 bits per heavy atom. The Morgan fingerprint density at radius 1 is 1.44 bits per heavy atom. The number of nitrogens with one attached hydrogen (secondary N) is 1. The van der Waals surface area contributed by atoms with E-state index >= 15 is 0 Å². The molecule has 0 saturated carbocycles. The molecule has 1 heterocycles. The van der Waals surface area contributed by atoms with E-state index in [2.05, 4.69) is 5.32 Å². The number of ether oxygens (including phenoxy) is 2. The molecular formula is C12H23NO3. The molecule has 1 aliphatic heterocycles. The molecule has 0 bridgehead atoms. The number of hydrogen-bond acceptors (Lipinski definition) is 4. The minimum atomic E-state index is -0.622. The third-order valence-electron chi connectivity index (χ3n) is 2.59.